The van der Waals surface area contributed by atoms with Gasteiger partial charge in [-0.15, -0.1) is 0 Å². The molecule has 1 fully saturated rings. The lowest BCUT2D eigenvalue weighted by Crippen LogP contribution is -2.38. The Labute approximate surface area is 148 Å². The maximum absolute atomic E-state index is 12.2. The number of nitrogens with zero attached hydrogens (tertiary/aromatic N) is 1. The molecule has 1 aromatic carbocycles. The molecule has 1 heterocycles. The first-order valence-electron chi connectivity index (χ1n) is 8.50. The monoisotopic (exact) mass is 352 g/mol. The number of hydrogen-bond acceptors (Lipinski definition) is 3. The molecule has 132 valence electrons. The Morgan fingerprint density at radius 1 is 1.33 bits per heavy atom. The van der Waals surface area contributed by atoms with Gasteiger partial charge in [0.05, 0.1) is 12.5 Å². The number of amides is 2. The van der Waals surface area contributed by atoms with Gasteiger partial charge in [0.15, 0.2) is 0 Å². The van der Waals surface area contributed by atoms with Crippen LogP contribution in [0.4, 0.5) is 0 Å². The van der Waals surface area contributed by atoms with Crippen LogP contribution in [0.1, 0.15) is 33.1 Å². The van der Waals surface area contributed by atoms with Crippen molar-refractivity contribution in [3.63, 3.8) is 0 Å². The molecule has 0 radical (unpaired) electrons. The molecule has 5 nitrogen and oxygen atoms in total. The van der Waals surface area contributed by atoms with Crippen molar-refractivity contribution in [2.75, 3.05) is 19.7 Å². The minimum atomic E-state index is -0.256. The zero-order chi connectivity index (χ0) is 17.5. The predicted molar refractivity (Wildman–Crippen MR) is 94.1 cm³/mol. The van der Waals surface area contributed by atoms with Crippen LogP contribution >= 0.6 is 11.6 Å². The zero-order valence-corrected chi connectivity index (χ0v) is 15.0. The van der Waals surface area contributed by atoms with Gasteiger partial charge < -0.3 is 15.0 Å². The highest BCUT2D eigenvalue weighted by Crippen LogP contribution is 2.23. The minimum Gasteiger partial charge on any atom is -0.492 e. The van der Waals surface area contributed by atoms with E-state index in [1.54, 1.807) is 24.3 Å². The van der Waals surface area contributed by atoms with Gasteiger partial charge in [-0.25, -0.2) is 0 Å². The van der Waals surface area contributed by atoms with Gasteiger partial charge in [0.1, 0.15) is 12.4 Å². The Balaban J connectivity index is 1.73. The first-order chi connectivity index (χ1) is 11.5. The summed E-state index contributed by atoms with van der Waals surface area (Å²) in [6.45, 7) is 5.46. The van der Waals surface area contributed by atoms with Crippen molar-refractivity contribution in [2.45, 2.75) is 39.2 Å². The van der Waals surface area contributed by atoms with Crippen molar-refractivity contribution >= 4 is 23.4 Å². The van der Waals surface area contributed by atoms with Gasteiger partial charge in [-0.2, -0.15) is 0 Å². The largest absolute Gasteiger partial charge is 0.492 e. The maximum Gasteiger partial charge on any atom is 0.225 e. The molecule has 24 heavy (non-hydrogen) atoms. The normalized spacial score (nSPS) is 17.4. The maximum atomic E-state index is 12.2. The van der Waals surface area contributed by atoms with Crippen molar-refractivity contribution in [2.24, 2.45) is 5.92 Å². The fourth-order valence-electron chi connectivity index (χ4n) is 3.01. The highest BCUT2D eigenvalue weighted by Gasteiger charge is 2.36. The summed E-state index contributed by atoms with van der Waals surface area (Å²) < 4.78 is 5.54. The molecule has 1 atom stereocenters. The van der Waals surface area contributed by atoms with Crippen molar-refractivity contribution < 1.29 is 14.3 Å². The second kappa shape index (κ2) is 8.92. The lowest BCUT2D eigenvalue weighted by atomic mass is 10.1. The number of ether oxygens (including phenoxy) is 1. The summed E-state index contributed by atoms with van der Waals surface area (Å²) in [4.78, 5) is 26.2. The molecule has 0 saturated carbocycles. The third-order valence-corrected chi connectivity index (χ3v) is 4.65. The highest BCUT2D eigenvalue weighted by molar-refractivity contribution is 6.30. The summed E-state index contributed by atoms with van der Waals surface area (Å²) in [6, 6.07) is 7.32. The van der Waals surface area contributed by atoms with E-state index >= 15 is 0 Å². The number of likely N-dealkylation sites (tertiary alicyclic amines) is 1. The van der Waals surface area contributed by atoms with Crippen LogP contribution in [-0.4, -0.2) is 42.5 Å². The second-order valence-electron chi connectivity index (χ2n) is 6.01. The average Bonchev–Trinajstić information content (AvgIpc) is 2.96. The first-order valence-corrected chi connectivity index (χ1v) is 8.88. The van der Waals surface area contributed by atoms with Gasteiger partial charge in [-0.05, 0) is 37.1 Å². The lowest BCUT2D eigenvalue weighted by Gasteiger charge is -2.26. The van der Waals surface area contributed by atoms with E-state index in [9.17, 15) is 9.59 Å². The molecule has 1 aliphatic heterocycles. The molecule has 0 spiro atoms. The van der Waals surface area contributed by atoms with E-state index in [0.717, 1.165) is 12.8 Å². The van der Waals surface area contributed by atoms with Gasteiger partial charge in [0.2, 0.25) is 11.8 Å². The Morgan fingerprint density at radius 3 is 2.62 bits per heavy atom. The Hall–Kier alpha value is -1.75. The number of carbonyl (C=O) groups excluding carboxylic acids is 2. The number of hydrogen-bond donors (Lipinski definition) is 1. The fraction of sp³-hybridized carbons (Fsp3) is 0.556. The van der Waals surface area contributed by atoms with E-state index in [1.807, 2.05) is 4.90 Å². The average molecular weight is 353 g/mol. The Morgan fingerprint density at radius 2 is 2.00 bits per heavy atom. The minimum absolute atomic E-state index is 0.0727. The number of nitrogens with one attached hydrogen (secondary N) is 1. The quantitative estimate of drug-likeness (QED) is 0.732. The molecular formula is C18H25ClN2O3. The smallest absolute Gasteiger partial charge is 0.225 e. The van der Waals surface area contributed by atoms with Crippen molar-refractivity contribution in [3.8, 4) is 5.75 Å². The van der Waals surface area contributed by atoms with E-state index in [0.29, 0.717) is 36.9 Å². The summed E-state index contributed by atoms with van der Waals surface area (Å²) in [6.07, 6.45) is 2.15. The molecule has 2 rings (SSSR count). The molecule has 1 N–H and O–H groups in total. The zero-order valence-electron chi connectivity index (χ0n) is 14.3. The molecule has 2 amide bonds. The molecule has 1 saturated heterocycles. The number of halogens is 1. The van der Waals surface area contributed by atoms with Crippen molar-refractivity contribution in [3.05, 3.63) is 29.3 Å². The topological polar surface area (TPSA) is 58.6 Å². The van der Waals surface area contributed by atoms with Crippen LogP contribution in [0, 0.1) is 5.92 Å². The Bertz CT molecular complexity index is 558. The van der Waals surface area contributed by atoms with E-state index in [4.69, 9.17) is 16.3 Å². The number of carbonyl (C=O) groups is 2. The molecule has 0 bridgehead atoms. The second-order valence-corrected chi connectivity index (χ2v) is 6.45. The first kappa shape index (κ1) is 18.6. The third-order valence-electron chi connectivity index (χ3n) is 4.40. The van der Waals surface area contributed by atoms with Crippen LogP contribution in [-0.2, 0) is 9.59 Å². The van der Waals surface area contributed by atoms with Gasteiger partial charge in [0, 0.05) is 24.0 Å². The summed E-state index contributed by atoms with van der Waals surface area (Å²) in [5.74, 6) is 0.469. The number of benzene rings is 1. The molecule has 0 aliphatic carbocycles. The van der Waals surface area contributed by atoms with E-state index in [2.05, 4.69) is 19.2 Å². The van der Waals surface area contributed by atoms with Crippen LogP contribution in [0.25, 0.3) is 0 Å². The van der Waals surface area contributed by atoms with Gasteiger partial charge in [0.25, 0.3) is 0 Å². The van der Waals surface area contributed by atoms with Crippen LogP contribution in [0.3, 0.4) is 0 Å². The summed E-state index contributed by atoms with van der Waals surface area (Å²) in [7, 11) is 0. The third kappa shape index (κ3) is 4.87. The standard InChI is InChI=1S/C18H25ClN2O3/c1-3-15(4-2)21-12-13(11-17(21)22)18(23)20-9-10-24-16-7-5-14(19)6-8-16/h5-8,13,15H,3-4,9-12H2,1-2H3,(H,20,23). The number of rotatable bonds is 8. The van der Waals surface area contributed by atoms with Crippen LogP contribution in [0.15, 0.2) is 24.3 Å². The molecule has 6 heteroatoms. The predicted octanol–water partition coefficient (Wildman–Crippen LogP) is 2.87. The van der Waals surface area contributed by atoms with E-state index in [-0.39, 0.29) is 23.8 Å². The van der Waals surface area contributed by atoms with Crippen molar-refractivity contribution in [1.29, 1.82) is 0 Å². The molecular weight excluding hydrogens is 328 g/mol. The fourth-order valence-corrected chi connectivity index (χ4v) is 3.13. The summed E-state index contributed by atoms with van der Waals surface area (Å²) in [5, 5.41) is 3.51. The lowest BCUT2D eigenvalue weighted by molar-refractivity contribution is -0.130. The van der Waals surface area contributed by atoms with Gasteiger partial charge >= 0.3 is 0 Å². The van der Waals surface area contributed by atoms with E-state index in [1.165, 1.54) is 0 Å². The molecule has 1 aromatic rings. The van der Waals surface area contributed by atoms with Crippen LogP contribution in [0.5, 0.6) is 5.75 Å². The summed E-state index contributed by atoms with van der Waals surface area (Å²) in [5.41, 5.74) is 0. The van der Waals surface area contributed by atoms with Crippen LogP contribution < -0.4 is 10.1 Å². The molecule has 1 unspecified atom stereocenters. The summed E-state index contributed by atoms with van der Waals surface area (Å²) >= 11 is 5.81. The van der Waals surface area contributed by atoms with Crippen molar-refractivity contribution in [1.82, 2.24) is 10.2 Å². The highest BCUT2D eigenvalue weighted by atomic mass is 35.5. The Kier molecular flexibility index (Phi) is 6.91. The van der Waals surface area contributed by atoms with Gasteiger partial charge in [-0.3, -0.25) is 9.59 Å². The molecule has 1 aliphatic rings. The van der Waals surface area contributed by atoms with Gasteiger partial charge in [-0.1, -0.05) is 25.4 Å². The van der Waals surface area contributed by atoms with E-state index < -0.39 is 0 Å². The SMILES string of the molecule is CCC(CC)N1CC(C(=O)NCCOc2ccc(Cl)cc2)CC1=O. The van der Waals surface area contributed by atoms with Crippen LogP contribution in [0.2, 0.25) is 5.02 Å². The molecule has 0 aromatic heterocycles.